The summed E-state index contributed by atoms with van der Waals surface area (Å²) >= 11 is 0. The van der Waals surface area contributed by atoms with Crippen LogP contribution in [0, 0.1) is 5.82 Å². The first-order valence-electron chi connectivity index (χ1n) is 6.01. The molecule has 0 saturated heterocycles. The number of rotatable bonds is 5. The van der Waals surface area contributed by atoms with Gasteiger partial charge in [-0.3, -0.25) is 4.79 Å². The highest BCUT2D eigenvalue weighted by atomic mass is 19.1. The third kappa shape index (κ3) is 3.05. The standard InChI is InChI=1S/C14H20FNO/c1-5-7-10(2)16(4)14-12(11(3)17)8-6-9-13(14)15/h6,8-10H,5,7H2,1-4H3. The molecule has 1 aromatic rings. The normalized spacial score (nSPS) is 12.3. The fraction of sp³-hybridized carbons (Fsp3) is 0.500. The second-order valence-corrected chi connectivity index (χ2v) is 4.44. The lowest BCUT2D eigenvalue weighted by Gasteiger charge is -2.28. The first-order valence-corrected chi connectivity index (χ1v) is 6.01. The summed E-state index contributed by atoms with van der Waals surface area (Å²) in [6.07, 6.45) is 2.01. The summed E-state index contributed by atoms with van der Waals surface area (Å²) in [4.78, 5) is 13.4. The number of ketones is 1. The molecule has 0 aromatic heterocycles. The molecule has 1 unspecified atom stereocenters. The minimum absolute atomic E-state index is 0.102. The van der Waals surface area contributed by atoms with Crippen LogP contribution in [0.5, 0.6) is 0 Å². The maximum absolute atomic E-state index is 13.9. The largest absolute Gasteiger partial charge is 0.369 e. The van der Waals surface area contributed by atoms with Crippen molar-refractivity contribution in [1.82, 2.24) is 0 Å². The number of hydrogen-bond donors (Lipinski definition) is 0. The molecule has 2 nitrogen and oxygen atoms in total. The molecule has 0 saturated carbocycles. The molecular formula is C14H20FNO. The Labute approximate surface area is 102 Å². The van der Waals surface area contributed by atoms with Gasteiger partial charge in [-0.2, -0.15) is 0 Å². The van der Waals surface area contributed by atoms with E-state index in [0.717, 1.165) is 12.8 Å². The molecule has 1 atom stereocenters. The molecule has 0 aliphatic heterocycles. The van der Waals surface area contributed by atoms with Crippen LogP contribution in [-0.2, 0) is 0 Å². The zero-order valence-corrected chi connectivity index (χ0v) is 11.0. The van der Waals surface area contributed by atoms with Crippen LogP contribution in [0.3, 0.4) is 0 Å². The first-order chi connectivity index (χ1) is 7.99. The highest BCUT2D eigenvalue weighted by Crippen LogP contribution is 2.26. The van der Waals surface area contributed by atoms with Gasteiger partial charge >= 0.3 is 0 Å². The minimum Gasteiger partial charge on any atom is -0.369 e. The molecule has 0 aliphatic carbocycles. The van der Waals surface area contributed by atoms with Gasteiger partial charge in [0.25, 0.3) is 0 Å². The number of Topliss-reactive ketones (excluding diaryl/α,β-unsaturated/α-hetero) is 1. The monoisotopic (exact) mass is 237 g/mol. The summed E-state index contributed by atoms with van der Waals surface area (Å²) in [6.45, 7) is 5.61. The second-order valence-electron chi connectivity index (χ2n) is 4.44. The Morgan fingerprint density at radius 3 is 2.65 bits per heavy atom. The van der Waals surface area contributed by atoms with E-state index < -0.39 is 0 Å². The molecule has 1 aromatic carbocycles. The lowest BCUT2D eigenvalue weighted by Crippen LogP contribution is -2.30. The summed E-state index contributed by atoms with van der Waals surface area (Å²) < 4.78 is 13.9. The molecule has 0 radical (unpaired) electrons. The van der Waals surface area contributed by atoms with Crippen LogP contribution in [0.1, 0.15) is 44.0 Å². The SMILES string of the molecule is CCCC(C)N(C)c1c(F)cccc1C(C)=O. The highest BCUT2D eigenvalue weighted by molar-refractivity contribution is 5.99. The van der Waals surface area contributed by atoms with Gasteiger partial charge in [0.1, 0.15) is 5.82 Å². The molecule has 0 heterocycles. The van der Waals surface area contributed by atoms with Crippen LogP contribution in [0.4, 0.5) is 10.1 Å². The summed E-state index contributed by atoms with van der Waals surface area (Å²) in [5.74, 6) is -0.432. The zero-order valence-electron chi connectivity index (χ0n) is 11.0. The Morgan fingerprint density at radius 1 is 1.47 bits per heavy atom. The predicted octanol–water partition coefficient (Wildman–Crippen LogP) is 3.65. The van der Waals surface area contributed by atoms with Crippen LogP contribution < -0.4 is 4.90 Å². The minimum atomic E-state index is -0.330. The van der Waals surface area contributed by atoms with Gasteiger partial charge in [0.15, 0.2) is 5.78 Å². The van der Waals surface area contributed by atoms with Gasteiger partial charge in [0.2, 0.25) is 0 Å². The maximum atomic E-state index is 13.9. The number of hydrogen-bond acceptors (Lipinski definition) is 2. The van der Waals surface area contributed by atoms with E-state index >= 15 is 0 Å². The lowest BCUT2D eigenvalue weighted by atomic mass is 10.1. The van der Waals surface area contributed by atoms with Gasteiger partial charge in [-0.25, -0.2) is 4.39 Å². The van der Waals surface area contributed by atoms with Crippen LogP contribution in [0.25, 0.3) is 0 Å². The third-order valence-electron chi connectivity index (χ3n) is 3.09. The Kier molecular flexibility index (Phi) is 4.67. The van der Waals surface area contributed by atoms with Crippen LogP contribution >= 0.6 is 0 Å². The predicted molar refractivity (Wildman–Crippen MR) is 69.2 cm³/mol. The number of nitrogens with zero attached hydrogens (tertiary/aromatic N) is 1. The number of carbonyl (C=O) groups excluding carboxylic acids is 1. The van der Waals surface area contributed by atoms with Crippen molar-refractivity contribution in [3.05, 3.63) is 29.6 Å². The van der Waals surface area contributed by atoms with Gasteiger partial charge in [-0.15, -0.1) is 0 Å². The smallest absolute Gasteiger partial charge is 0.161 e. The quantitative estimate of drug-likeness (QED) is 0.728. The fourth-order valence-corrected chi connectivity index (χ4v) is 1.99. The van der Waals surface area contributed by atoms with E-state index in [1.165, 1.54) is 13.0 Å². The Balaban J connectivity index is 3.15. The van der Waals surface area contributed by atoms with E-state index in [1.54, 1.807) is 12.1 Å². The highest BCUT2D eigenvalue weighted by Gasteiger charge is 2.19. The number of para-hydroxylation sites is 1. The van der Waals surface area contributed by atoms with Gasteiger partial charge in [0, 0.05) is 18.7 Å². The van der Waals surface area contributed by atoms with Crippen molar-refractivity contribution in [2.24, 2.45) is 0 Å². The summed E-state index contributed by atoms with van der Waals surface area (Å²) in [5, 5.41) is 0. The summed E-state index contributed by atoms with van der Waals surface area (Å²) in [6, 6.07) is 4.87. The molecular weight excluding hydrogens is 217 g/mol. The van der Waals surface area contributed by atoms with Gasteiger partial charge in [0.05, 0.1) is 5.69 Å². The van der Waals surface area contributed by atoms with Gasteiger partial charge < -0.3 is 4.90 Å². The number of carbonyl (C=O) groups is 1. The van der Waals surface area contributed by atoms with Crippen molar-refractivity contribution in [2.75, 3.05) is 11.9 Å². The third-order valence-corrected chi connectivity index (χ3v) is 3.09. The van der Waals surface area contributed by atoms with Crippen molar-refractivity contribution >= 4 is 11.5 Å². The molecule has 1 rings (SSSR count). The van der Waals surface area contributed by atoms with Crippen LogP contribution in [-0.4, -0.2) is 18.9 Å². The Bertz CT molecular complexity index is 403. The molecule has 94 valence electrons. The molecule has 0 bridgehead atoms. The Hall–Kier alpha value is -1.38. The van der Waals surface area contributed by atoms with Crippen LogP contribution in [0.2, 0.25) is 0 Å². The van der Waals surface area contributed by atoms with E-state index in [0.29, 0.717) is 11.3 Å². The average Bonchev–Trinajstić information content (AvgIpc) is 2.28. The van der Waals surface area contributed by atoms with Crippen molar-refractivity contribution in [1.29, 1.82) is 0 Å². The van der Waals surface area contributed by atoms with Crippen molar-refractivity contribution in [3.8, 4) is 0 Å². The number of halogens is 1. The summed E-state index contributed by atoms with van der Waals surface area (Å²) in [7, 11) is 1.84. The lowest BCUT2D eigenvalue weighted by molar-refractivity contribution is 0.101. The maximum Gasteiger partial charge on any atom is 0.161 e. The second kappa shape index (κ2) is 5.80. The topological polar surface area (TPSA) is 20.3 Å². The molecule has 0 fully saturated rings. The van der Waals surface area contributed by atoms with E-state index in [2.05, 4.69) is 6.92 Å². The van der Waals surface area contributed by atoms with Crippen LogP contribution in [0.15, 0.2) is 18.2 Å². The van der Waals surface area contributed by atoms with Gasteiger partial charge in [-0.05, 0) is 32.4 Å². The molecule has 0 aliphatic rings. The van der Waals surface area contributed by atoms with E-state index in [1.807, 2.05) is 18.9 Å². The van der Waals surface area contributed by atoms with Crippen molar-refractivity contribution in [3.63, 3.8) is 0 Å². The van der Waals surface area contributed by atoms with Crippen molar-refractivity contribution < 1.29 is 9.18 Å². The number of benzene rings is 1. The van der Waals surface area contributed by atoms with E-state index in [9.17, 15) is 9.18 Å². The fourth-order valence-electron chi connectivity index (χ4n) is 1.99. The van der Waals surface area contributed by atoms with Gasteiger partial charge in [-0.1, -0.05) is 19.4 Å². The summed E-state index contributed by atoms with van der Waals surface area (Å²) in [5.41, 5.74) is 0.872. The van der Waals surface area contributed by atoms with E-state index in [4.69, 9.17) is 0 Å². The van der Waals surface area contributed by atoms with Crippen molar-refractivity contribution in [2.45, 2.75) is 39.7 Å². The molecule has 0 N–H and O–H groups in total. The van der Waals surface area contributed by atoms with E-state index in [-0.39, 0.29) is 17.6 Å². The average molecular weight is 237 g/mol. The molecule has 0 amide bonds. The number of anilines is 1. The zero-order chi connectivity index (χ0) is 13.0. The molecule has 0 spiro atoms. The molecule has 17 heavy (non-hydrogen) atoms. The molecule has 3 heteroatoms. The first kappa shape index (κ1) is 13.7. The Morgan fingerprint density at radius 2 is 2.12 bits per heavy atom.